The van der Waals surface area contributed by atoms with E-state index in [1.807, 2.05) is 0 Å². The minimum atomic E-state index is -4.58. The van der Waals surface area contributed by atoms with E-state index >= 15 is 0 Å². The Bertz CT molecular complexity index is 698. The van der Waals surface area contributed by atoms with Gasteiger partial charge in [0.1, 0.15) is 17.1 Å². The topological polar surface area (TPSA) is 51.2 Å². The summed E-state index contributed by atoms with van der Waals surface area (Å²) in [5.74, 6) is -0.574. The van der Waals surface area contributed by atoms with Crippen molar-refractivity contribution in [2.45, 2.75) is 6.18 Å². The van der Waals surface area contributed by atoms with Crippen molar-refractivity contribution >= 4 is 11.6 Å². The van der Waals surface area contributed by atoms with Crippen LogP contribution in [-0.4, -0.2) is 10.9 Å². The summed E-state index contributed by atoms with van der Waals surface area (Å²) in [5.41, 5.74) is -0.747. The third-order valence-electron chi connectivity index (χ3n) is 2.74. The van der Waals surface area contributed by atoms with Crippen LogP contribution in [0.2, 0.25) is 0 Å². The molecule has 4 nitrogen and oxygen atoms in total. The lowest BCUT2D eigenvalue weighted by Crippen LogP contribution is -2.11. The molecule has 0 atom stereocenters. The average Bonchev–Trinajstić information content (AvgIpc) is 2.53. The number of amides is 1. The second-order valence-electron chi connectivity index (χ2n) is 4.10. The summed E-state index contributed by atoms with van der Waals surface area (Å²) >= 11 is 0. The number of halogens is 3. The number of ether oxygens (including phenoxy) is 1. The molecule has 0 unspecified atom stereocenters. The summed E-state index contributed by atoms with van der Waals surface area (Å²) in [6.45, 7) is 0. The largest absolute Gasteiger partial charge is 0.436 e. The number of benzene rings is 1. The molecule has 7 heteroatoms. The van der Waals surface area contributed by atoms with Crippen LogP contribution in [0, 0.1) is 0 Å². The summed E-state index contributed by atoms with van der Waals surface area (Å²) in [4.78, 5) is 15.3. The van der Waals surface area contributed by atoms with E-state index in [9.17, 15) is 18.0 Å². The zero-order valence-corrected chi connectivity index (χ0v) is 9.86. The smallest absolute Gasteiger partial charge is 0.433 e. The summed E-state index contributed by atoms with van der Waals surface area (Å²) in [7, 11) is 0. The van der Waals surface area contributed by atoms with E-state index in [1.54, 1.807) is 12.1 Å². The molecule has 2 heterocycles. The fourth-order valence-electron chi connectivity index (χ4n) is 1.81. The van der Waals surface area contributed by atoms with E-state index < -0.39 is 17.8 Å². The van der Waals surface area contributed by atoms with Crippen LogP contribution < -0.4 is 10.1 Å². The predicted molar refractivity (Wildman–Crippen MR) is 63.7 cm³/mol. The quantitative estimate of drug-likeness (QED) is 0.804. The molecule has 0 saturated heterocycles. The molecule has 3 rings (SSSR count). The Hall–Kier alpha value is -2.57. The molecule has 0 bridgehead atoms. The highest BCUT2D eigenvalue weighted by Crippen LogP contribution is 2.37. The first kappa shape index (κ1) is 12.5. The number of hydrogen-bond donors (Lipinski definition) is 1. The van der Waals surface area contributed by atoms with Crippen LogP contribution in [0.15, 0.2) is 36.4 Å². The molecule has 0 spiro atoms. The number of anilines is 1. The van der Waals surface area contributed by atoms with E-state index in [2.05, 4.69) is 10.3 Å². The van der Waals surface area contributed by atoms with Gasteiger partial charge < -0.3 is 10.1 Å². The van der Waals surface area contributed by atoms with Gasteiger partial charge in [-0.3, -0.25) is 4.79 Å². The lowest BCUT2D eigenvalue weighted by molar-refractivity contribution is -0.141. The van der Waals surface area contributed by atoms with Gasteiger partial charge in [0.05, 0.1) is 5.56 Å². The van der Waals surface area contributed by atoms with Crippen molar-refractivity contribution in [2.24, 2.45) is 0 Å². The number of fused-ring (bicyclic) bond motifs is 2. The SMILES string of the molecule is O=C1Nc2ccc(C(F)(F)F)nc2Oc2ccccc21. The van der Waals surface area contributed by atoms with Gasteiger partial charge in [-0.25, -0.2) is 4.98 Å². The number of carbonyl (C=O) groups excluding carboxylic acids is 1. The summed E-state index contributed by atoms with van der Waals surface area (Å²) in [5, 5.41) is 2.46. The molecule has 1 aliphatic heterocycles. The molecule has 102 valence electrons. The minimum Gasteiger partial charge on any atom is -0.436 e. The third-order valence-corrected chi connectivity index (χ3v) is 2.74. The van der Waals surface area contributed by atoms with E-state index in [0.717, 1.165) is 12.1 Å². The molecular weight excluding hydrogens is 273 g/mol. The molecule has 1 aromatic heterocycles. The number of rotatable bonds is 0. The van der Waals surface area contributed by atoms with Crippen LogP contribution in [0.3, 0.4) is 0 Å². The first-order valence-corrected chi connectivity index (χ1v) is 5.61. The van der Waals surface area contributed by atoms with Crippen LogP contribution in [0.1, 0.15) is 16.1 Å². The van der Waals surface area contributed by atoms with Crippen molar-refractivity contribution in [1.82, 2.24) is 4.98 Å². The van der Waals surface area contributed by atoms with Crippen molar-refractivity contribution in [3.8, 4) is 11.6 Å². The second kappa shape index (κ2) is 4.22. The highest BCUT2D eigenvalue weighted by molar-refractivity contribution is 6.07. The molecule has 0 aliphatic carbocycles. The van der Waals surface area contributed by atoms with Crippen molar-refractivity contribution < 1.29 is 22.7 Å². The molecule has 2 aromatic rings. The van der Waals surface area contributed by atoms with Crippen molar-refractivity contribution in [1.29, 1.82) is 0 Å². The molecule has 1 N–H and O–H groups in total. The van der Waals surface area contributed by atoms with E-state index in [1.165, 1.54) is 12.1 Å². The highest BCUT2D eigenvalue weighted by Gasteiger charge is 2.34. The van der Waals surface area contributed by atoms with E-state index in [-0.39, 0.29) is 22.9 Å². The zero-order chi connectivity index (χ0) is 14.3. The first-order chi connectivity index (χ1) is 9.45. The fourth-order valence-corrected chi connectivity index (χ4v) is 1.81. The standard InChI is InChI=1S/C13H7F3N2O2/c14-13(15,16)10-6-5-8-12(18-10)20-9-4-2-1-3-7(9)11(19)17-8/h1-6H,(H,17,19). The maximum atomic E-state index is 12.6. The molecule has 0 fully saturated rings. The van der Waals surface area contributed by atoms with Crippen LogP contribution in [0.4, 0.5) is 18.9 Å². The third kappa shape index (κ3) is 2.07. The highest BCUT2D eigenvalue weighted by atomic mass is 19.4. The van der Waals surface area contributed by atoms with Gasteiger partial charge in [0, 0.05) is 0 Å². The van der Waals surface area contributed by atoms with Gasteiger partial charge in [0.15, 0.2) is 0 Å². The van der Waals surface area contributed by atoms with Crippen LogP contribution in [0.25, 0.3) is 0 Å². The Kier molecular flexibility index (Phi) is 2.63. The Labute approximate surface area is 111 Å². The number of nitrogens with one attached hydrogen (secondary N) is 1. The van der Waals surface area contributed by atoms with Crippen molar-refractivity contribution in [3.63, 3.8) is 0 Å². The second-order valence-corrected chi connectivity index (χ2v) is 4.10. The summed E-state index contributed by atoms with van der Waals surface area (Å²) in [6.07, 6.45) is -4.58. The Morgan fingerprint density at radius 1 is 1.10 bits per heavy atom. The average molecular weight is 280 g/mol. The molecule has 1 amide bonds. The first-order valence-electron chi connectivity index (χ1n) is 5.61. The van der Waals surface area contributed by atoms with Crippen LogP contribution >= 0.6 is 0 Å². The molecule has 0 saturated carbocycles. The summed E-state index contributed by atoms with van der Waals surface area (Å²) in [6, 6.07) is 8.16. The molecular formula is C13H7F3N2O2. The zero-order valence-electron chi connectivity index (χ0n) is 9.86. The normalized spacial score (nSPS) is 13.7. The minimum absolute atomic E-state index is 0.0965. The Morgan fingerprint density at radius 3 is 2.60 bits per heavy atom. The Balaban J connectivity index is 2.12. The predicted octanol–water partition coefficient (Wildman–Crippen LogP) is 3.46. The number of pyridine rings is 1. The van der Waals surface area contributed by atoms with Gasteiger partial charge in [-0.15, -0.1) is 0 Å². The van der Waals surface area contributed by atoms with Gasteiger partial charge >= 0.3 is 6.18 Å². The number of nitrogens with zero attached hydrogens (tertiary/aromatic N) is 1. The van der Waals surface area contributed by atoms with Crippen LogP contribution in [-0.2, 0) is 6.18 Å². The maximum Gasteiger partial charge on any atom is 0.433 e. The van der Waals surface area contributed by atoms with Gasteiger partial charge in [-0.2, -0.15) is 13.2 Å². The molecule has 1 aromatic carbocycles. The van der Waals surface area contributed by atoms with Gasteiger partial charge in [0.25, 0.3) is 5.91 Å². The number of hydrogen-bond acceptors (Lipinski definition) is 3. The monoisotopic (exact) mass is 280 g/mol. The molecule has 1 aliphatic rings. The Morgan fingerprint density at radius 2 is 1.85 bits per heavy atom. The number of para-hydroxylation sites is 1. The van der Waals surface area contributed by atoms with E-state index in [4.69, 9.17) is 4.74 Å². The molecule has 20 heavy (non-hydrogen) atoms. The van der Waals surface area contributed by atoms with Gasteiger partial charge in [0.2, 0.25) is 5.88 Å². The van der Waals surface area contributed by atoms with Crippen LogP contribution in [0.5, 0.6) is 11.6 Å². The van der Waals surface area contributed by atoms with Gasteiger partial charge in [-0.1, -0.05) is 12.1 Å². The number of alkyl halides is 3. The van der Waals surface area contributed by atoms with Crippen molar-refractivity contribution in [2.75, 3.05) is 5.32 Å². The lowest BCUT2D eigenvalue weighted by Gasteiger charge is -2.10. The fraction of sp³-hybridized carbons (Fsp3) is 0.0769. The van der Waals surface area contributed by atoms with Crippen molar-refractivity contribution in [3.05, 3.63) is 47.7 Å². The molecule has 0 radical (unpaired) electrons. The lowest BCUT2D eigenvalue weighted by atomic mass is 10.2. The van der Waals surface area contributed by atoms with E-state index in [0.29, 0.717) is 0 Å². The summed E-state index contributed by atoms with van der Waals surface area (Å²) < 4.78 is 43.2. The number of aromatic nitrogens is 1. The number of carbonyl (C=O) groups is 1. The maximum absolute atomic E-state index is 12.6. The van der Waals surface area contributed by atoms with Gasteiger partial charge in [-0.05, 0) is 24.3 Å².